The minimum Gasteiger partial charge on any atom is -0.347 e. The predicted octanol–water partition coefficient (Wildman–Crippen LogP) is 2.56. The Morgan fingerprint density at radius 2 is 2.15 bits per heavy atom. The van der Waals surface area contributed by atoms with Crippen LogP contribution in [0.2, 0.25) is 0 Å². The number of hydrogen-bond acceptors (Lipinski definition) is 4. The molecule has 2 heterocycles. The predicted molar refractivity (Wildman–Crippen MR) is 96.4 cm³/mol. The van der Waals surface area contributed by atoms with Gasteiger partial charge in [-0.15, -0.1) is 0 Å². The second-order valence-corrected chi connectivity index (χ2v) is 7.25. The molecule has 1 aliphatic carbocycles. The van der Waals surface area contributed by atoms with Crippen molar-refractivity contribution in [2.75, 3.05) is 6.54 Å². The van der Waals surface area contributed by atoms with Crippen molar-refractivity contribution in [2.24, 2.45) is 11.8 Å². The molecule has 3 unspecified atom stereocenters. The van der Waals surface area contributed by atoms with E-state index in [1.54, 1.807) is 12.3 Å². The van der Waals surface area contributed by atoms with Gasteiger partial charge in [-0.25, -0.2) is 9.82 Å². The topological polar surface area (TPSA) is 66.0 Å². The Hall–Kier alpha value is -2.31. The number of carbonyl (C=O) groups excluding carboxylic acids is 1. The molecule has 1 aromatic carbocycles. The van der Waals surface area contributed by atoms with Gasteiger partial charge in [-0.05, 0) is 61.1 Å². The van der Waals surface area contributed by atoms with Gasteiger partial charge in [0.2, 0.25) is 5.91 Å². The number of pyridine rings is 1. The first-order valence-electron chi connectivity index (χ1n) is 9.08. The molecule has 1 saturated carbocycles. The summed E-state index contributed by atoms with van der Waals surface area (Å²) in [5, 5.41) is 3.20. The number of benzene rings is 1. The number of amides is 1. The average Bonchev–Trinajstić information content (AvgIpc) is 3.34. The average molecular weight is 354 g/mol. The van der Waals surface area contributed by atoms with E-state index in [2.05, 4.69) is 21.2 Å². The summed E-state index contributed by atoms with van der Waals surface area (Å²) in [5.74, 6) is -0.182. The van der Waals surface area contributed by atoms with Crippen molar-refractivity contribution in [3.8, 4) is 0 Å². The Morgan fingerprint density at radius 3 is 2.88 bits per heavy atom. The van der Waals surface area contributed by atoms with E-state index in [0.717, 1.165) is 29.7 Å². The Bertz CT molecular complexity index is 808. The second-order valence-electron chi connectivity index (χ2n) is 7.25. The van der Waals surface area contributed by atoms with E-state index in [9.17, 15) is 9.18 Å². The van der Waals surface area contributed by atoms with Gasteiger partial charge in [-0.3, -0.25) is 15.2 Å². The Balaban J connectivity index is 1.52. The maximum Gasteiger partial charge on any atom is 0.226 e. The minimum atomic E-state index is -0.303. The summed E-state index contributed by atoms with van der Waals surface area (Å²) in [6, 6.07) is 10.1. The van der Waals surface area contributed by atoms with Crippen LogP contribution in [0.1, 0.15) is 41.7 Å². The van der Waals surface area contributed by atoms with Crippen LogP contribution in [0.4, 0.5) is 4.39 Å². The smallest absolute Gasteiger partial charge is 0.226 e. The summed E-state index contributed by atoms with van der Waals surface area (Å²) < 4.78 is 13.6. The van der Waals surface area contributed by atoms with Crippen molar-refractivity contribution in [2.45, 2.75) is 31.8 Å². The molecule has 136 valence electrons. The first-order chi connectivity index (χ1) is 12.6. The zero-order valence-corrected chi connectivity index (χ0v) is 14.7. The van der Waals surface area contributed by atoms with Gasteiger partial charge in [0.1, 0.15) is 5.82 Å². The molecule has 1 amide bonds. The van der Waals surface area contributed by atoms with E-state index >= 15 is 0 Å². The highest BCUT2D eigenvalue weighted by Crippen LogP contribution is 2.41. The van der Waals surface area contributed by atoms with Gasteiger partial charge in [0.05, 0.1) is 23.7 Å². The molecule has 6 heteroatoms. The van der Waals surface area contributed by atoms with Gasteiger partial charge in [0, 0.05) is 12.7 Å². The summed E-state index contributed by atoms with van der Waals surface area (Å²) in [5.41, 5.74) is 8.97. The maximum atomic E-state index is 13.6. The van der Waals surface area contributed by atoms with E-state index in [0.29, 0.717) is 12.5 Å². The van der Waals surface area contributed by atoms with Gasteiger partial charge in [-0.1, -0.05) is 12.1 Å². The van der Waals surface area contributed by atoms with Gasteiger partial charge in [0.25, 0.3) is 0 Å². The zero-order chi connectivity index (χ0) is 18.1. The molecule has 2 aromatic rings. The Kier molecular flexibility index (Phi) is 4.70. The van der Waals surface area contributed by atoms with Crippen LogP contribution in [-0.2, 0) is 4.79 Å². The lowest BCUT2D eigenvalue weighted by atomic mass is 9.93. The summed E-state index contributed by atoms with van der Waals surface area (Å²) in [6.07, 6.45) is 4.00. The van der Waals surface area contributed by atoms with Crippen LogP contribution >= 0.6 is 0 Å². The molecule has 3 N–H and O–H groups in total. The van der Waals surface area contributed by atoms with Crippen LogP contribution in [0.5, 0.6) is 0 Å². The minimum absolute atomic E-state index is 0.0306. The standard InChI is InChI=1S/C20H23FN4O/c1-12-7-8-22-17(9-12)19(13-5-6-13)24-20(26)16-11-23-25-18(16)14-3-2-4-15(21)10-14/h2-4,7-10,13,16,18-19,23,25H,5-6,11H2,1H3,(H,24,26). The molecule has 2 aliphatic rings. The molecule has 0 spiro atoms. The number of carbonyl (C=O) groups is 1. The number of halogens is 1. The van der Waals surface area contributed by atoms with Crippen molar-refractivity contribution in [1.29, 1.82) is 0 Å². The lowest BCUT2D eigenvalue weighted by Crippen LogP contribution is -2.38. The molecule has 1 aromatic heterocycles. The van der Waals surface area contributed by atoms with Crippen LogP contribution in [0.25, 0.3) is 0 Å². The summed E-state index contributed by atoms with van der Waals surface area (Å²) >= 11 is 0. The lowest BCUT2D eigenvalue weighted by molar-refractivity contribution is -0.125. The summed E-state index contributed by atoms with van der Waals surface area (Å²) in [4.78, 5) is 17.5. The molecule has 4 rings (SSSR count). The zero-order valence-electron chi connectivity index (χ0n) is 14.7. The summed E-state index contributed by atoms with van der Waals surface area (Å²) in [7, 11) is 0. The van der Waals surface area contributed by atoms with Crippen molar-refractivity contribution in [1.82, 2.24) is 21.2 Å². The molecule has 5 nitrogen and oxygen atoms in total. The fourth-order valence-electron chi connectivity index (χ4n) is 3.61. The highest BCUT2D eigenvalue weighted by molar-refractivity contribution is 5.80. The van der Waals surface area contributed by atoms with Crippen molar-refractivity contribution in [3.63, 3.8) is 0 Å². The normalized spacial score (nSPS) is 23.6. The number of hydrazine groups is 1. The number of nitrogens with zero attached hydrogens (tertiary/aromatic N) is 1. The molecule has 1 saturated heterocycles. The molecule has 2 fully saturated rings. The van der Waals surface area contributed by atoms with Crippen LogP contribution in [-0.4, -0.2) is 17.4 Å². The summed E-state index contributed by atoms with van der Waals surface area (Å²) in [6.45, 7) is 2.54. The molecule has 1 aliphatic heterocycles. The van der Waals surface area contributed by atoms with Crippen LogP contribution in [0.15, 0.2) is 42.6 Å². The van der Waals surface area contributed by atoms with Crippen molar-refractivity contribution >= 4 is 5.91 Å². The Morgan fingerprint density at radius 1 is 1.31 bits per heavy atom. The molecule has 26 heavy (non-hydrogen) atoms. The highest BCUT2D eigenvalue weighted by atomic mass is 19.1. The fraction of sp³-hybridized carbons (Fsp3) is 0.400. The van der Waals surface area contributed by atoms with Crippen molar-refractivity contribution in [3.05, 3.63) is 65.2 Å². The second kappa shape index (κ2) is 7.13. The van der Waals surface area contributed by atoms with Gasteiger partial charge >= 0.3 is 0 Å². The first kappa shape index (κ1) is 17.1. The van der Waals surface area contributed by atoms with E-state index in [-0.39, 0.29) is 29.7 Å². The lowest BCUT2D eigenvalue weighted by Gasteiger charge is -2.23. The largest absolute Gasteiger partial charge is 0.347 e. The monoisotopic (exact) mass is 354 g/mol. The highest BCUT2D eigenvalue weighted by Gasteiger charge is 2.39. The number of rotatable bonds is 5. The molecule has 0 radical (unpaired) electrons. The third kappa shape index (κ3) is 3.61. The van der Waals surface area contributed by atoms with Crippen LogP contribution in [0.3, 0.4) is 0 Å². The van der Waals surface area contributed by atoms with Crippen LogP contribution in [0, 0.1) is 24.6 Å². The third-order valence-corrected chi connectivity index (χ3v) is 5.17. The van der Waals surface area contributed by atoms with Gasteiger partial charge in [-0.2, -0.15) is 0 Å². The van der Waals surface area contributed by atoms with E-state index in [1.165, 1.54) is 12.1 Å². The van der Waals surface area contributed by atoms with Crippen LogP contribution < -0.4 is 16.2 Å². The third-order valence-electron chi connectivity index (χ3n) is 5.17. The molecule has 0 bridgehead atoms. The first-order valence-corrected chi connectivity index (χ1v) is 9.08. The number of aromatic nitrogens is 1. The molecule has 3 atom stereocenters. The number of nitrogens with one attached hydrogen (secondary N) is 3. The number of hydrogen-bond donors (Lipinski definition) is 3. The molecular weight excluding hydrogens is 331 g/mol. The van der Waals surface area contributed by atoms with E-state index < -0.39 is 0 Å². The van der Waals surface area contributed by atoms with E-state index in [4.69, 9.17) is 0 Å². The quantitative estimate of drug-likeness (QED) is 0.772. The fourth-order valence-corrected chi connectivity index (χ4v) is 3.61. The van der Waals surface area contributed by atoms with Gasteiger partial charge in [0.15, 0.2) is 0 Å². The van der Waals surface area contributed by atoms with Gasteiger partial charge < -0.3 is 5.32 Å². The van der Waals surface area contributed by atoms with Crippen molar-refractivity contribution < 1.29 is 9.18 Å². The Labute approximate surface area is 152 Å². The number of aryl methyl sites for hydroxylation is 1. The SMILES string of the molecule is Cc1ccnc(C(NC(=O)C2CNNC2c2cccc(F)c2)C2CC2)c1. The maximum absolute atomic E-state index is 13.6. The molecular formula is C20H23FN4O. The van der Waals surface area contributed by atoms with E-state index in [1.807, 2.05) is 25.1 Å².